The van der Waals surface area contributed by atoms with Gasteiger partial charge in [0, 0.05) is 9.77 Å². The third kappa shape index (κ3) is 2.47. The highest BCUT2D eigenvalue weighted by atomic mass is 127. The fraction of sp³-hybridized carbons (Fsp3) is 0.250. The van der Waals surface area contributed by atoms with Crippen molar-refractivity contribution < 1.29 is 26.7 Å². The van der Waals surface area contributed by atoms with Gasteiger partial charge in [0.05, 0.1) is 11.1 Å². The summed E-state index contributed by atoms with van der Waals surface area (Å²) in [5.74, 6) is 0. The van der Waals surface area contributed by atoms with Crippen LogP contribution in [0.5, 0.6) is 0 Å². The van der Waals surface area contributed by atoms with E-state index in [1.807, 2.05) is 0 Å². The van der Waals surface area contributed by atoms with Crippen LogP contribution in [0.4, 0.5) is 22.0 Å². The molecule has 0 aliphatic rings. The highest BCUT2D eigenvalue weighted by molar-refractivity contribution is 14.1. The Kier molecular flexibility index (Phi) is 3.81. The van der Waals surface area contributed by atoms with Crippen molar-refractivity contribution in [2.45, 2.75) is 12.6 Å². The number of carbonyl (C=O) groups excluding carboxylic acids is 1. The molecule has 0 fully saturated rings. The van der Waals surface area contributed by atoms with Gasteiger partial charge in [-0.1, -0.05) is 0 Å². The van der Waals surface area contributed by atoms with Crippen LogP contribution in [-0.2, 0) is 6.18 Å². The van der Waals surface area contributed by atoms with Crippen LogP contribution in [0.1, 0.15) is 28.0 Å². The van der Waals surface area contributed by atoms with Crippen molar-refractivity contribution in [2.24, 2.45) is 0 Å². The van der Waals surface area contributed by atoms with Crippen LogP contribution in [0.2, 0.25) is 0 Å². The van der Waals surface area contributed by atoms with Crippen LogP contribution in [0.25, 0.3) is 0 Å². The van der Waals surface area contributed by atoms with E-state index in [9.17, 15) is 26.7 Å². The van der Waals surface area contributed by atoms with Gasteiger partial charge in [0.2, 0.25) is 0 Å². The van der Waals surface area contributed by atoms with Gasteiger partial charge in [-0.05, 0) is 22.6 Å². The molecule has 16 heavy (non-hydrogen) atoms. The first-order valence-electron chi connectivity index (χ1n) is 3.78. The number of pyridine rings is 1. The van der Waals surface area contributed by atoms with E-state index in [2.05, 4.69) is 4.98 Å². The molecule has 8 heteroatoms. The molecule has 1 aromatic heterocycles. The molecule has 1 rings (SSSR count). The predicted molar refractivity (Wildman–Crippen MR) is 52.3 cm³/mol. The van der Waals surface area contributed by atoms with Crippen molar-refractivity contribution in [3.63, 3.8) is 0 Å². The summed E-state index contributed by atoms with van der Waals surface area (Å²) < 4.78 is 61.3. The average Bonchev–Trinajstić information content (AvgIpc) is 2.14. The number of aldehydes is 1. The van der Waals surface area contributed by atoms with Crippen LogP contribution < -0.4 is 0 Å². The zero-order chi connectivity index (χ0) is 12.5. The summed E-state index contributed by atoms with van der Waals surface area (Å²) >= 11 is 1.13. The van der Waals surface area contributed by atoms with Crippen molar-refractivity contribution in [2.75, 3.05) is 0 Å². The minimum absolute atomic E-state index is 0.00378. The van der Waals surface area contributed by atoms with Gasteiger partial charge in [-0.2, -0.15) is 13.2 Å². The van der Waals surface area contributed by atoms with Gasteiger partial charge < -0.3 is 0 Å². The van der Waals surface area contributed by atoms with E-state index in [4.69, 9.17) is 0 Å². The fourth-order valence-corrected chi connectivity index (χ4v) is 1.97. The number of hydrogen-bond donors (Lipinski definition) is 0. The average molecular weight is 351 g/mol. The molecule has 0 aliphatic heterocycles. The van der Waals surface area contributed by atoms with Crippen molar-refractivity contribution in [1.82, 2.24) is 4.98 Å². The van der Waals surface area contributed by atoms with E-state index in [1.165, 1.54) is 0 Å². The lowest BCUT2D eigenvalue weighted by atomic mass is 10.1. The van der Waals surface area contributed by atoms with Crippen LogP contribution in [-0.4, -0.2) is 11.3 Å². The summed E-state index contributed by atoms with van der Waals surface area (Å²) in [4.78, 5) is 13.4. The fourth-order valence-electron chi connectivity index (χ4n) is 1.02. The Hall–Kier alpha value is -0.800. The van der Waals surface area contributed by atoms with E-state index in [-0.39, 0.29) is 6.29 Å². The molecule has 0 atom stereocenters. The largest absolute Gasteiger partial charge is 0.418 e. The smallest absolute Gasteiger partial charge is 0.296 e. The quantitative estimate of drug-likeness (QED) is 0.464. The second-order valence-electron chi connectivity index (χ2n) is 2.70. The standard InChI is InChI=1S/C8H3F5INO/c9-7(10)5-4(2-16)15-1-3(6(5)14)8(11,12)13/h1-2,7H. The number of hydrogen-bond acceptors (Lipinski definition) is 2. The third-order valence-corrected chi connectivity index (χ3v) is 2.88. The Morgan fingerprint density at radius 1 is 1.38 bits per heavy atom. The van der Waals surface area contributed by atoms with E-state index in [1.54, 1.807) is 0 Å². The molecule has 88 valence electrons. The Labute approximate surface area is 100.0 Å². The van der Waals surface area contributed by atoms with Gasteiger partial charge in [0.25, 0.3) is 6.43 Å². The van der Waals surface area contributed by atoms with Gasteiger partial charge in [-0.3, -0.25) is 9.78 Å². The van der Waals surface area contributed by atoms with Crippen molar-refractivity contribution >= 4 is 28.9 Å². The van der Waals surface area contributed by atoms with Crippen molar-refractivity contribution in [3.05, 3.63) is 26.6 Å². The molecule has 0 aromatic carbocycles. The van der Waals surface area contributed by atoms with Gasteiger partial charge >= 0.3 is 6.18 Å². The highest BCUT2D eigenvalue weighted by Gasteiger charge is 2.36. The molecule has 2 nitrogen and oxygen atoms in total. The summed E-state index contributed by atoms with van der Waals surface area (Å²) in [6.45, 7) is 0. The Balaban J connectivity index is 3.50. The molecular weight excluding hydrogens is 348 g/mol. The number of nitrogens with zero attached hydrogens (tertiary/aromatic N) is 1. The van der Waals surface area contributed by atoms with E-state index in [0.29, 0.717) is 6.20 Å². The van der Waals surface area contributed by atoms with Crippen LogP contribution in [0.3, 0.4) is 0 Å². The second-order valence-corrected chi connectivity index (χ2v) is 3.78. The molecule has 1 aromatic rings. The molecular formula is C8H3F5INO. The SMILES string of the molecule is O=Cc1ncc(C(F)(F)F)c(I)c1C(F)F. The van der Waals surface area contributed by atoms with E-state index < -0.39 is 33.0 Å². The maximum Gasteiger partial charge on any atom is 0.418 e. The molecule has 0 spiro atoms. The maximum absolute atomic E-state index is 12.5. The second kappa shape index (κ2) is 4.60. The molecule has 0 amide bonds. The molecule has 1 heterocycles. The molecule has 0 N–H and O–H groups in total. The number of rotatable bonds is 2. The van der Waals surface area contributed by atoms with Crippen LogP contribution >= 0.6 is 22.6 Å². The molecule has 0 saturated heterocycles. The van der Waals surface area contributed by atoms with Crippen molar-refractivity contribution in [3.8, 4) is 0 Å². The van der Waals surface area contributed by atoms with Crippen molar-refractivity contribution in [1.29, 1.82) is 0 Å². The Morgan fingerprint density at radius 3 is 2.31 bits per heavy atom. The molecule has 0 radical (unpaired) electrons. The first kappa shape index (κ1) is 13.3. The lowest BCUT2D eigenvalue weighted by molar-refractivity contribution is -0.138. The van der Waals surface area contributed by atoms with E-state index in [0.717, 1.165) is 22.6 Å². The summed E-state index contributed by atoms with van der Waals surface area (Å²) in [5.41, 5.74) is -2.92. The molecule has 0 unspecified atom stereocenters. The lowest BCUT2D eigenvalue weighted by Crippen LogP contribution is -2.13. The van der Waals surface area contributed by atoms with Gasteiger partial charge in [0.1, 0.15) is 5.69 Å². The monoisotopic (exact) mass is 351 g/mol. The number of carbonyl (C=O) groups is 1. The van der Waals surface area contributed by atoms with Crippen LogP contribution in [0, 0.1) is 3.57 Å². The number of halogens is 6. The van der Waals surface area contributed by atoms with Gasteiger partial charge in [-0.15, -0.1) is 0 Å². The zero-order valence-electron chi connectivity index (χ0n) is 7.36. The van der Waals surface area contributed by atoms with Crippen LogP contribution in [0.15, 0.2) is 6.20 Å². The number of alkyl halides is 5. The van der Waals surface area contributed by atoms with E-state index >= 15 is 0 Å². The minimum atomic E-state index is -4.77. The minimum Gasteiger partial charge on any atom is -0.296 e. The Bertz CT molecular complexity index is 418. The third-order valence-electron chi connectivity index (χ3n) is 1.72. The topological polar surface area (TPSA) is 30.0 Å². The van der Waals surface area contributed by atoms with Gasteiger partial charge in [-0.25, -0.2) is 8.78 Å². The number of aromatic nitrogens is 1. The highest BCUT2D eigenvalue weighted by Crippen LogP contribution is 2.37. The summed E-state index contributed by atoms with van der Waals surface area (Å²) in [7, 11) is 0. The predicted octanol–water partition coefficient (Wildman–Crippen LogP) is 3.46. The normalized spacial score (nSPS) is 11.9. The maximum atomic E-state index is 12.5. The summed E-state index contributed by atoms with van der Waals surface area (Å²) in [6.07, 6.45) is -7.57. The molecule has 0 bridgehead atoms. The summed E-state index contributed by atoms with van der Waals surface area (Å²) in [5, 5.41) is 0. The summed E-state index contributed by atoms with van der Waals surface area (Å²) in [6, 6.07) is 0. The Morgan fingerprint density at radius 2 is 1.94 bits per heavy atom. The lowest BCUT2D eigenvalue weighted by Gasteiger charge is -2.13. The first-order valence-corrected chi connectivity index (χ1v) is 4.85. The molecule has 0 saturated carbocycles. The first-order chi connectivity index (χ1) is 7.29. The van der Waals surface area contributed by atoms with Gasteiger partial charge in [0.15, 0.2) is 6.29 Å². The zero-order valence-corrected chi connectivity index (χ0v) is 9.51. The molecule has 0 aliphatic carbocycles.